The Kier molecular flexibility index (Phi) is 5.48. The minimum absolute atomic E-state index is 0.0279. The van der Waals surface area contributed by atoms with Gasteiger partial charge in [0, 0.05) is 27.3 Å². The van der Waals surface area contributed by atoms with E-state index in [0.29, 0.717) is 6.07 Å². The maximum atomic E-state index is 12.8. The normalized spacial score (nSPS) is 14.1. The quantitative estimate of drug-likeness (QED) is 0.378. The van der Waals surface area contributed by atoms with E-state index in [4.69, 9.17) is 0 Å². The highest BCUT2D eigenvalue weighted by atomic mass is 32.2. The average Bonchev–Trinajstić information content (AvgIpc) is 2.36. The molecule has 2 N–H and O–H groups in total. The minimum atomic E-state index is -4.67. The summed E-state index contributed by atoms with van der Waals surface area (Å²) in [5.41, 5.74) is -1.87. The van der Waals surface area contributed by atoms with E-state index in [-0.39, 0.29) is 12.1 Å². The van der Waals surface area contributed by atoms with Gasteiger partial charge in [0.1, 0.15) is 0 Å². The molecule has 1 rings (SSSR count). The van der Waals surface area contributed by atoms with Crippen molar-refractivity contribution in [3.05, 3.63) is 29.3 Å². The van der Waals surface area contributed by atoms with Gasteiger partial charge in [-0.3, -0.25) is 5.21 Å². The molecular weight excluding hydrogens is 333 g/mol. The first-order valence-corrected chi connectivity index (χ1v) is 8.31. The molecule has 9 heteroatoms. The van der Waals surface area contributed by atoms with Gasteiger partial charge in [-0.1, -0.05) is 6.92 Å². The van der Waals surface area contributed by atoms with Gasteiger partial charge in [0.2, 0.25) is 21.8 Å². The van der Waals surface area contributed by atoms with E-state index >= 15 is 0 Å². The first kappa shape index (κ1) is 19.4. The third-order valence-electron chi connectivity index (χ3n) is 2.91. The highest BCUT2D eigenvalue weighted by molar-refractivity contribution is 7.89. The molecule has 0 heterocycles. The molecule has 0 amide bonds. The Morgan fingerprint density at radius 2 is 1.83 bits per heavy atom. The monoisotopic (exact) mass is 353 g/mol. The van der Waals surface area contributed by atoms with Crippen LogP contribution in [0, 0.1) is 0 Å². The fourth-order valence-electron chi connectivity index (χ4n) is 1.64. The lowest BCUT2D eigenvalue weighted by Gasteiger charge is -2.13. The summed E-state index contributed by atoms with van der Waals surface area (Å²) in [7, 11) is -4.13. The molecule has 0 bridgehead atoms. The Hall–Kier alpha value is -1.61. The maximum absolute atomic E-state index is 12.8. The second-order valence-corrected chi connectivity index (χ2v) is 7.63. The molecule has 0 aliphatic rings. The molecule has 0 aromatic heterocycles. The SMILES string of the molecule is CCNS(=O)(=O)c1cc(C(F)(F)F)ccc1/C=[N+](\O)C(C)(C)C. The first-order chi connectivity index (χ1) is 10.3. The van der Waals surface area contributed by atoms with E-state index in [9.17, 15) is 26.8 Å². The largest absolute Gasteiger partial charge is 0.416 e. The molecule has 130 valence electrons. The van der Waals surface area contributed by atoms with Crippen molar-refractivity contribution < 1.29 is 31.5 Å². The summed E-state index contributed by atoms with van der Waals surface area (Å²) in [6.07, 6.45) is -3.58. The number of hydroxylamine groups is 1. The van der Waals surface area contributed by atoms with Crippen molar-refractivity contribution in [1.82, 2.24) is 4.72 Å². The molecule has 0 unspecified atom stereocenters. The fraction of sp³-hybridized carbons (Fsp3) is 0.500. The zero-order valence-electron chi connectivity index (χ0n) is 13.3. The molecule has 5 nitrogen and oxygen atoms in total. The molecule has 23 heavy (non-hydrogen) atoms. The Labute approximate surface area is 133 Å². The predicted molar refractivity (Wildman–Crippen MR) is 79.3 cm³/mol. The summed E-state index contributed by atoms with van der Waals surface area (Å²) in [4.78, 5) is -0.544. The number of alkyl halides is 3. The average molecular weight is 353 g/mol. The smallest absolute Gasteiger partial charge is 0.290 e. The summed E-state index contributed by atoms with van der Waals surface area (Å²) < 4.78 is 65.8. The van der Waals surface area contributed by atoms with Crippen LogP contribution >= 0.6 is 0 Å². The van der Waals surface area contributed by atoms with Crippen LogP contribution in [0.5, 0.6) is 0 Å². The van der Waals surface area contributed by atoms with Gasteiger partial charge in [-0.25, -0.2) is 13.1 Å². The van der Waals surface area contributed by atoms with E-state index in [2.05, 4.69) is 4.72 Å². The van der Waals surface area contributed by atoms with E-state index in [1.807, 2.05) is 0 Å². The number of hydrogen-bond donors (Lipinski definition) is 2. The lowest BCUT2D eigenvalue weighted by Crippen LogP contribution is -2.32. The van der Waals surface area contributed by atoms with Gasteiger partial charge >= 0.3 is 6.18 Å². The number of nitrogens with one attached hydrogen (secondary N) is 1. The van der Waals surface area contributed by atoms with Gasteiger partial charge in [0.05, 0.1) is 16.0 Å². The van der Waals surface area contributed by atoms with Crippen LogP contribution < -0.4 is 4.72 Å². The molecule has 0 saturated heterocycles. The summed E-state index contributed by atoms with van der Waals surface area (Å²) in [6.45, 7) is 6.52. The summed E-state index contributed by atoms with van der Waals surface area (Å²) in [5, 5.41) is 9.93. The molecule has 0 radical (unpaired) electrons. The van der Waals surface area contributed by atoms with Crippen LogP contribution in [0.1, 0.15) is 38.8 Å². The lowest BCUT2D eigenvalue weighted by molar-refractivity contribution is -0.816. The van der Waals surface area contributed by atoms with E-state index in [0.717, 1.165) is 23.1 Å². The van der Waals surface area contributed by atoms with Crippen molar-refractivity contribution in [3.8, 4) is 0 Å². The molecule has 0 saturated carbocycles. The van der Waals surface area contributed by atoms with Crippen LogP contribution in [0.3, 0.4) is 0 Å². The second-order valence-electron chi connectivity index (χ2n) is 5.90. The number of sulfonamides is 1. The zero-order valence-corrected chi connectivity index (χ0v) is 14.1. The fourth-order valence-corrected chi connectivity index (χ4v) is 2.89. The van der Waals surface area contributed by atoms with Gasteiger partial charge < -0.3 is 0 Å². The van der Waals surface area contributed by atoms with E-state index < -0.39 is 32.2 Å². The molecule has 0 aliphatic heterocycles. The number of hydrogen-bond acceptors (Lipinski definition) is 3. The molecule has 1 aromatic rings. The third-order valence-corrected chi connectivity index (χ3v) is 4.51. The lowest BCUT2D eigenvalue weighted by atomic mass is 10.1. The number of halogens is 3. The van der Waals surface area contributed by atoms with Gasteiger partial charge in [0.25, 0.3) is 0 Å². The van der Waals surface area contributed by atoms with E-state index in [1.165, 1.54) is 6.92 Å². The highest BCUT2D eigenvalue weighted by Gasteiger charge is 2.33. The topological polar surface area (TPSA) is 69.4 Å². The van der Waals surface area contributed by atoms with E-state index in [1.54, 1.807) is 20.8 Å². The number of nitrogens with zero attached hydrogens (tertiary/aromatic N) is 1. The van der Waals surface area contributed by atoms with Gasteiger partial charge in [-0.05, 0) is 22.9 Å². The Balaban J connectivity index is 3.60. The maximum Gasteiger partial charge on any atom is 0.416 e. The first-order valence-electron chi connectivity index (χ1n) is 6.83. The van der Waals surface area contributed by atoms with Crippen molar-refractivity contribution in [2.75, 3.05) is 6.54 Å². The Morgan fingerprint density at radius 1 is 1.26 bits per heavy atom. The highest BCUT2D eigenvalue weighted by Crippen LogP contribution is 2.31. The van der Waals surface area contributed by atoms with Crippen LogP contribution in [-0.4, -0.2) is 36.7 Å². The van der Waals surface area contributed by atoms with Crippen LogP contribution in [0.4, 0.5) is 13.2 Å². The molecule has 0 fully saturated rings. The van der Waals surface area contributed by atoms with Gasteiger partial charge in [-0.15, -0.1) is 0 Å². The van der Waals surface area contributed by atoms with Crippen molar-refractivity contribution in [2.24, 2.45) is 0 Å². The van der Waals surface area contributed by atoms with Gasteiger partial charge in [-0.2, -0.15) is 13.2 Å². The molecule has 0 spiro atoms. The van der Waals surface area contributed by atoms with Crippen LogP contribution in [0.25, 0.3) is 0 Å². The van der Waals surface area contributed by atoms with Crippen LogP contribution in [0.2, 0.25) is 0 Å². The summed E-state index contributed by atoms with van der Waals surface area (Å²) >= 11 is 0. The van der Waals surface area contributed by atoms with Gasteiger partial charge in [0.15, 0.2) is 0 Å². The zero-order chi connectivity index (χ0) is 18.1. The second kappa shape index (κ2) is 6.48. The molecule has 1 aromatic carbocycles. The third kappa shape index (κ3) is 4.93. The van der Waals surface area contributed by atoms with Crippen molar-refractivity contribution in [1.29, 1.82) is 0 Å². The molecule has 0 atom stereocenters. The Bertz CT molecular complexity index is 705. The number of benzene rings is 1. The van der Waals surface area contributed by atoms with Crippen molar-refractivity contribution in [2.45, 2.75) is 44.3 Å². The Morgan fingerprint density at radius 3 is 2.26 bits per heavy atom. The number of rotatable bonds is 4. The summed E-state index contributed by atoms with van der Waals surface area (Å²) in [6, 6.07) is 2.34. The van der Waals surface area contributed by atoms with Crippen molar-refractivity contribution in [3.63, 3.8) is 0 Å². The van der Waals surface area contributed by atoms with Crippen LogP contribution in [-0.2, 0) is 16.2 Å². The summed E-state index contributed by atoms with van der Waals surface area (Å²) in [5.74, 6) is 0. The predicted octanol–water partition coefficient (Wildman–Crippen LogP) is 2.62. The minimum Gasteiger partial charge on any atom is -0.290 e. The van der Waals surface area contributed by atoms with Crippen LogP contribution in [0.15, 0.2) is 23.1 Å². The molecule has 0 aliphatic carbocycles. The molecular formula is C14H20F3N2O3S+. The van der Waals surface area contributed by atoms with Crippen molar-refractivity contribution >= 4 is 16.2 Å². The standard InChI is InChI=1S/C14H20F3N2O3S/c1-5-18-23(21,22)12-8-11(14(15,16)17)7-6-10(12)9-19(20)13(2,3)4/h6-9,18,20H,5H2,1-4H3/q+1/b19-9-.